The van der Waals surface area contributed by atoms with Crippen molar-refractivity contribution in [1.29, 1.82) is 0 Å². The third kappa shape index (κ3) is 30.4. The number of unbranched alkanes of at least 4 members (excludes halogenated alkanes) is 27. The van der Waals surface area contributed by atoms with Gasteiger partial charge in [0.15, 0.2) is 11.6 Å². The van der Waals surface area contributed by atoms with Gasteiger partial charge in [-0.3, -0.25) is 9.59 Å². The van der Waals surface area contributed by atoms with E-state index >= 15 is 0 Å². The van der Waals surface area contributed by atoms with Crippen LogP contribution >= 0.6 is 0 Å². The number of carbonyl (C=O) groups is 2. The Morgan fingerprint density at radius 3 is 0.935 bits per heavy atom. The Morgan fingerprint density at radius 2 is 0.645 bits per heavy atom. The summed E-state index contributed by atoms with van der Waals surface area (Å²) in [6, 6.07) is 14.6. The molecule has 0 unspecified atom stereocenters. The lowest BCUT2D eigenvalue weighted by atomic mass is 9.96. The van der Waals surface area contributed by atoms with Crippen LogP contribution in [-0.4, -0.2) is 47.7 Å². The third-order valence-corrected chi connectivity index (χ3v) is 11.8. The minimum absolute atomic E-state index is 0.0424. The number of Topliss-reactive ketones (excluding diaryl/α,β-unsaturated/α-hetero) is 2. The predicted octanol–water partition coefficient (Wildman–Crippen LogP) is 16.8. The van der Waals surface area contributed by atoms with Gasteiger partial charge in [0.2, 0.25) is 0 Å². The van der Waals surface area contributed by atoms with Crippen molar-refractivity contribution in [2.45, 2.75) is 252 Å². The molecule has 6 heteroatoms. The molecule has 0 atom stereocenters. The van der Waals surface area contributed by atoms with E-state index in [1.807, 2.05) is 38.1 Å². The molecule has 2 rings (SSSR count). The second-order valence-electron chi connectivity index (χ2n) is 18.9. The summed E-state index contributed by atoms with van der Waals surface area (Å²) >= 11 is 0. The number of ketones is 2. The summed E-state index contributed by atoms with van der Waals surface area (Å²) in [6.07, 6.45) is 39.4. The van der Waals surface area contributed by atoms with Crippen molar-refractivity contribution in [3.05, 3.63) is 59.7 Å². The first-order valence-electron chi connectivity index (χ1n) is 25.9. The highest BCUT2D eigenvalue weighted by Crippen LogP contribution is 2.22. The van der Waals surface area contributed by atoms with Gasteiger partial charge in [0.05, 0.1) is 13.2 Å². The standard InChI is InChI=1S/C34H60O3.C22H36O3/c1-5-7-9-11-13-15-17-19-21-23-29-36-32-27-25-31(26-28-32)33(35)34(3,4)37-30-24-22-20-18-16-14-12-10-8-6-2;1-4-5-6-7-8-9-10-11-12-13-18-25-20-16-14-19(15-17-20)21(23)22(2,3)24/h25-28H,5-24,29-30H2,1-4H3;14-17,24H,4-13,18H2,1-3H3. The number of hydrogen-bond acceptors (Lipinski definition) is 6. The van der Waals surface area contributed by atoms with Gasteiger partial charge < -0.3 is 19.3 Å². The van der Waals surface area contributed by atoms with Crippen LogP contribution in [0, 0.1) is 0 Å². The van der Waals surface area contributed by atoms with Crippen molar-refractivity contribution in [2.24, 2.45) is 0 Å². The van der Waals surface area contributed by atoms with Gasteiger partial charge in [0.1, 0.15) is 22.7 Å². The summed E-state index contributed by atoms with van der Waals surface area (Å²) in [7, 11) is 0. The monoisotopic (exact) mass is 865 g/mol. The number of carbonyl (C=O) groups excluding carboxylic acids is 2. The van der Waals surface area contributed by atoms with Crippen molar-refractivity contribution >= 4 is 11.6 Å². The second-order valence-corrected chi connectivity index (χ2v) is 18.9. The first-order valence-corrected chi connectivity index (χ1v) is 25.9. The van der Waals surface area contributed by atoms with Crippen LogP contribution in [0.5, 0.6) is 11.5 Å². The Hall–Kier alpha value is -2.70. The van der Waals surface area contributed by atoms with Crippen LogP contribution in [0.2, 0.25) is 0 Å². The second kappa shape index (κ2) is 37.7. The van der Waals surface area contributed by atoms with Gasteiger partial charge >= 0.3 is 0 Å². The van der Waals surface area contributed by atoms with Crippen LogP contribution in [-0.2, 0) is 4.74 Å². The van der Waals surface area contributed by atoms with E-state index in [2.05, 4.69) is 20.8 Å². The summed E-state index contributed by atoms with van der Waals surface area (Å²) in [6.45, 7) is 15.7. The molecule has 0 amide bonds. The van der Waals surface area contributed by atoms with Crippen LogP contribution in [0.1, 0.15) is 262 Å². The molecule has 0 fully saturated rings. The van der Waals surface area contributed by atoms with Crippen molar-refractivity contribution < 1.29 is 28.9 Å². The lowest BCUT2D eigenvalue weighted by Crippen LogP contribution is -2.35. The molecule has 6 nitrogen and oxygen atoms in total. The van der Waals surface area contributed by atoms with Crippen LogP contribution in [0.3, 0.4) is 0 Å². The molecule has 1 N–H and O–H groups in total. The van der Waals surface area contributed by atoms with Crippen LogP contribution in [0.15, 0.2) is 48.5 Å². The van der Waals surface area contributed by atoms with E-state index in [9.17, 15) is 14.7 Å². The topological polar surface area (TPSA) is 82.1 Å². The molecule has 0 radical (unpaired) electrons. The number of hydrogen-bond donors (Lipinski definition) is 1. The molecule has 0 saturated carbocycles. The quantitative estimate of drug-likeness (QED) is 0.0531. The van der Waals surface area contributed by atoms with E-state index in [1.54, 1.807) is 24.3 Å². The minimum atomic E-state index is -1.33. The first kappa shape index (κ1) is 57.3. The molecule has 0 spiro atoms. The number of ether oxygens (including phenoxy) is 3. The fourth-order valence-electron chi connectivity index (χ4n) is 7.65. The van der Waals surface area contributed by atoms with Crippen molar-refractivity contribution in [1.82, 2.24) is 0 Å². The Labute approximate surface area is 382 Å². The maximum Gasteiger partial charge on any atom is 0.194 e. The van der Waals surface area contributed by atoms with Gasteiger partial charge in [-0.15, -0.1) is 0 Å². The summed E-state index contributed by atoms with van der Waals surface area (Å²) < 4.78 is 17.6. The Morgan fingerprint density at radius 1 is 0.387 bits per heavy atom. The van der Waals surface area contributed by atoms with Crippen LogP contribution in [0.4, 0.5) is 0 Å². The van der Waals surface area contributed by atoms with E-state index in [0.717, 1.165) is 44.0 Å². The summed E-state index contributed by atoms with van der Waals surface area (Å²) in [5.41, 5.74) is -0.922. The molecular weight excluding hydrogens is 769 g/mol. The van der Waals surface area contributed by atoms with Crippen molar-refractivity contribution in [2.75, 3.05) is 19.8 Å². The van der Waals surface area contributed by atoms with Gasteiger partial charge in [-0.1, -0.05) is 194 Å². The van der Waals surface area contributed by atoms with E-state index in [0.29, 0.717) is 17.7 Å². The highest BCUT2D eigenvalue weighted by Gasteiger charge is 2.29. The zero-order chi connectivity index (χ0) is 45.6. The van der Waals surface area contributed by atoms with Crippen molar-refractivity contribution in [3.63, 3.8) is 0 Å². The molecular formula is C56H96O6. The number of rotatable bonds is 40. The number of aliphatic hydroxyl groups is 1. The van der Waals surface area contributed by atoms with Gasteiger partial charge in [-0.05, 0) is 95.5 Å². The molecule has 356 valence electrons. The lowest BCUT2D eigenvalue weighted by Gasteiger charge is -2.24. The summed E-state index contributed by atoms with van der Waals surface area (Å²) in [5.74, 6) is 1.40. The molecule has 62 heavy (non-hydrogen) atoms. The van der Waals surface area contributed by atoms with Crippen LogP contribution < -0.4 is 9.47 Å². The third-order valence-electron chi connectivity index (χ3n) is 11.8. The average molecular weight is 865 g/mol. The first-order chi connectivity index (χ1) is 30.0. The van der Waals surface area contributed by atoms with E-state index < -0.39 is 11.2 Å². The van der Waals surface area contributed by atoms with Gasteiger partial charge in [0.25, 0.3) is 0 Å². The average Bonchev–Trinajstić information content (AvgIpc) is 3.26. The molecule has 0 aliphatic carbocycles. The van der Waals surface area contributed by atoms with E-state index in [1.165, 1.54) is 187 Å². The maximum absolute atomic E-state index is 13.0. The molecule has 2 aromatic carbocycles. The van der Waals surface area contributed by atoms with Crippen LogP contribution in [0.25, 0.3) is 0 Å². The van der Waals surface area contributed by atoms with E-state index in [4.69, 9.17) is 14.2 Å². The molecule has 0 aromatic heterocycles. The fraction of sp³-hybridized carbons (Fsp3) is 0.750. The zero-order valence-corrected chi connectivity index (χ0v) is 41.4. The van der Waals surface area contributed by atoms with Gasteiger partial charge in [-0.2, -0.15) is 0 Å². The Bertz CT molecular complexity index is 1330. The Balaban J connectivity index is 0.000000668. The molecule has 0 saturated heterocycles. The lowest BCUT2D eigenvalue weighted by molar-refractivity contribution is -0.00588. The van der Waals surface area contributed by atoms with Crippen molar-refractivity contribution in [3.8, 4) is 11.5 Å². The largest absolute Gasteiger partial charge is 0.494 e. The molecule has 0 heterocycles. The summed E-state index contributed by atoms with van der Waals surface area (Å²) in [4.78, 5) is 24.9. The predicted molar refractivity (Wildman–Crippen MR) is 264 cm³/mol. The summed E-state index contributed by atoms with van der Waals surface area (Å²) in [5, 5.41) is 9.74. The molecule has 0 aliphatic heterocycles. The minimum Gasteiger partial charge on any atom is -0.494 e. The normalized spacial score (nSPS) is 11.6. The van der Waals surface area contributed by atoms with E-state index in [-0.39, 0.29) is 11.6 Å². The van der Waals surface area contributed by atoms with Gasteiger partial charge in [0, 0.05) is 17.7 Å². The SMILES string of the molecule is CCCCCCCCCCCCOc1ccc(C(=O)C(C)(C)O)cc1.CCCCCCCCCCCCOc1ccc(C(=O)C(C)(C)OCCCCCCCCCCCC)cc1. The highest BCUT2D eigenvalue weighted by atomic mass is 16.5. The maximum atomic E-state index is 13.0. The van der Waals surface area contributed by atoms with Gasteiger partial charge in [-0.25, -0.2) is 0 Å². The smallest absolute Gasteiger partial charge is 0.194 e. The number of benzene rings is 2. The molecule has 0 bridgehead atoms. The highest BCUT2D eigenvalue weighted by molar-refractivity contribution is 6.02. The fourth-order valence-corrected chi connectivity index (χ4v) is 7.65. The zero-order valence-electron chi connectivity index (χ0n) is 41.4. The molecule has 2 aromatic rings. The molecule has 0 aliphatic rings. The Kier molecular flexibility index (Phi) is 34.8.